The van der Waals surface area contributed by atoms with Gasteiger partial charge in [0.1, 0.15) is 0 Å². The summed E-state index contributed by atoms with van der Waals surface area (Å²) >= 11 is 3.34. The van der Waals surface area contributed by atoms with E-state index in [-0.39, 0.29) is 5.91 Å². The maximum Gasteiger partial charge on any atom is 0.251 e. The van der Waals surface area contributed by atoms with E-state index in [2.05, 4.69) is 40.0 Å². The van der Waals surface area contributed by atoms with E-state index in [1.807, 2.05) is 0 Å². The van der Waals surface area contributed by atoms with Gasteiger partial charge in [-0.25, -0.2) is 0 Å². The van der Waals surface area contributed by atoms with Crippen LogP contribution in [-0.2, 0) is 0 Å². The van der Waals surface area contributed by atoms with Crippen LogP contribution in [0, 0.1) is 5.92 Å². The number of hydrogen-bond donors (Lipinski definition) is 2. The molecule has 1 saturated heterocycles. The van der Waals surface area contributed by atoms with E-state index in [1.54, 1.807) is 18.2 Å². The van der Waals surface area contributed by atoms with Crippen LogP contribution in [0.2, 0.25) is 0 Å². The van der Waals surface area contributed by atoms with Crippen molar-refractivity contribution >= 4 is 27.5 Å². The lowest BCUT2D eigenvalue weighted by Crippen LogP contribution is -2.33. The Balaban J connectivity index is 1.85. The van der Waals surface area contributed by atoms with E-state index in [9.17, 15) is 4.79 Å². The molecule has 5 heteroatoms. The normalized spacial score (nSPS) is 19.5. The van der Waals surface area contributed by atoms with Gasteiger partial charge in [-0.2, -0.15) is 0 Å². The second kappa shape index (κ2) is 6.59. The maximum absolute atomic E-state index is 12.1. The van der Waals surface area contributed by atoms with Crippen molar-refractivity contribution in [2.45, 2.75) is 26.3 Å². The zero-order valence-electron chi connectivity index (χ0n) is 12.0. The molecule has 0 spiro atoms. The van der Waals surface area contributed by atoms with Gasteiger partial charge in [0.05, 0.1) is 0 Å². The molecular formula is C15H22BrN3O. The molecule has 4 nitrogen and oxygen atoms in total. The molecule has 20 heavy (non-hydrogen) atoms. The fourth-order valence-corrected chi connectivity index (χ4v) is 2.88. The topological polar surface area (TPSA) is 58.4 Å². The third-order valence-electron chi connectivity index (χ3n) is 3.86. The second-order valence-corrected chi connectivity index (χ2v) is 6.54. The van der Waals surface area contributed by atoms with Gasteiger partial charge in [0.15, 0.2) is 0 Å². The van der Waals surface area contributed by atoms with E-state index < -0.39 is 0 Å². The van der Waals surface area contributed by atoms with E-state index in [1.165, 1.54) is 0 Å². The molecule has 0 aromatic heterocycles. The highest BCUT2D eigenvalue weighted by Crippen LogP contribution is 2.21. The Bertz CT molecular complexity index is 490. The summed E-state index contributed by atoms with van der Waals surface area (Å²) in [4.78, 5) is 14.5. The summed E-state index contributed by atoms with van der Waals surface area (Å²) in [6, 6.07) is 5.85. The summed E-state index contributed by atoms with van der Waals surface area (Å²) in [5.74, 6) is 0.521. The molecule has 110 valence electrons. The lowest BCUT2D eigenvalue weighted by molar-refractivity contribution is 0.0947. The third kappa shape index (κ3) is 3.73. The van der Waals surface area contributed by atoms with Crippen LogP contribution in [0.15, 0.2) is 22.7 Å². The number of nitrogen functional groups attached to an aromatic ring is 1. The first kappa shape index (κ1) is 15.3. The fourth-order valence-electron chi connectivity index (χ4n) is 2.51. The van der Waals surface area contributed by atoms with Crippen molar-refractivity contribution in [3.05, 3.63) is 28.2 Å². The molecule has 0 saturated carbocycles. The van der Waals surface area contributed by atoms with E-state index >= 15 is 0 Å². The van der Waals surface area contributed by atoms with Crippen LogP contribution in [0.4, 0.5) is 5.69 Å². The minimum Gasteiger partial charge on any atom is -0.398 e. The molecular weight excluding hydrogens is 318 g/mol. The second-order valence-electron chi connectivity index (χ2n) is 5.69. The Kier molecular flexibility index (Phi) is 5.05. The number of nitrogens with two attached hydrogens (primary N) is 1. The number of halogens is 1. The van der Waals surface area contributed by atoms with Crippen molar-refractivity contribution in [1.29, 1.82) is 0 Å². The summed E-state index contributed by atoms with van der Waals surface area (Å²) in [7, 11) is 0. The van der Waals surface area contributed by atoms with Crippen LogP contribution in [0.25, 0.3) is 0 Å². The average molecular weight is 340 g/mol. The van der Waals surface area contributed by atoms with Crippen LogP contribution in [-0.4, -0.2) is 36.5 Å². The van der Waals surface area contributed by atoms with E-state index in [4.69, 9.17) is 5.73 Å². The molecule has 0 radical (unpaired) electrons. The SMILES string of the molecule is CC(C)N1CCC(CNC(=O)c2ccc(N)c(Br)c2)C1. The quantitative estimate of drug-likeness (QED) is 0.828. The summed E-state index contributed by atoms with van der Waals surface area (Å²) in [5, 5.41) is 3.02. The Hall–Kier alpha value is -1.07. The van der Waals surface area contributed by atoms with Gasteiger partial charge < -0.3 is 16.0 Å². The van der Waals surface area contributed by atoms with Gasteiger partial charge in [-0.05, 0) is 66.9 Å². The number of carbonyl (C=O) groups excluding carboxylic acids is 1. The predicted molar refractivity (Wildman–Crippen MR) is 85.7 cm³/mol. The Morgan fingerprint density at radius 2 is 2.30 bits per heavy atom. The number of nitrogens with zero attached hydrogens (tertiary/aromatic N) is 1. The molecule has 0 bridgehead atoms. The molecule has 0 aliphatic carbocycles. The summed E-state index contributed by atoms with van der Waals surface area (Å²) in [6.07, 6.45) is 1.16. The van der Waals surface area contributed by atoms with Crippen molar-refractivity contribution in [1.82, 2.24) is 10.2 Å². The number of carbonyl (C=O) groups is 1. The number of nitrogens with one attached hydrogen (secondary N) is 1. The third-order valence-corrected chi connectivity index (χ3v) is 4.55. The van der Waals surface area contributed by atoms with Crippen molar-refractivity contribution in [3.8, 4) is 0 Å². The van der Waals surface area contributed by atoms with Gasteiger partial charge in [-0.3, -0.25) is 4.79 Å². The van der Waals surface area contributed by atoms with Crippen LogP contribution < -0.4 is 11.1 Å². The van der Waals surface area contributed by atoms with Crippen LogP contribution in [0.5, 0.6) is 0 Å². The Labute approximate surface area is 128 Å². The highest BCUT2D eigenvalue weighted by atomic mass is 79.9. The monoisotopic (exact) mass is 339 g/mol. The number of rotatable bonds is 4. The van der Waals surface area contributed by atoms with Gasteiger partial charge >= 0.3 is 0 Å². The summed E-state index contributed by atoms with van der Waals surface area (Å²) in [5.41, 5.74) is 7.01. The molecule has 1 fully saturated rings. The molecule has 1 unspecified atom stereocenters. The molecule has 1 atom stereocenters. The lowest BCUT2D eigenvalue weighted by atomic mass is 10.1. The fraction of sp³-hybridized carbons (Fsp3) is 0.533. The molecule has 1 aromatic rings. The minimum atomic E-state index is -0.0336. The van der Waals surface area contributed by atoms with Gasteiger partial charge in [0.25, 0.3) is 5.91 Å². The Morgan fingerprint density at radius 1 is 1.55 bits per heavy atom. The first-order chi connectivity index (χ1) is 9.47. The number of benzene rings is 1. The first-order valence-corrected chi connectivity index (χ1v) is 7.84. The van der Waals surface area contributed by atoms with Crippen LogP contribution in [0.1, 0.15) is 30.6 Å². The standard InChI is InChI=1S/C15H22BrN3O/c1-10(2)19-6-5-11(9-19)8-18-15(20)12-3-4-14(17)13(16)7-12/h3-4,7,10-11H,5-6,8-9,17H2,1-2H3,(H,18,20). The highest BCUT2D eigenvalue weighted by Gasteiger charge is 2.24. The van der Waals surface area contributed by atoms with Gasteiger partial charge in [-0.1, -0.05) is 0 Å². The molecule has 1 amide bonds. The molecule has 1 aromatic carbocycles. The number of likely N-dealkylation sites (tertiary alicyclic amines) is 1. The zero-order chi connectivity index (χ0) is 14.7. The lowest BCUT2D eigenvalue weighted by Gasteiger charge is -2.20. The molecule has 1 aliphatic heterocycles. The van der Waals surface area contributed by atoms with Gasteiger partial charge in [0.2, 0.25) is 0 Å². The summed E-state index contributed by atoms with van der Waals surface area (Å²) in [6.45, 7) is 7.37. The van der Waals surface area contributed by atoms with Crippen molar-refractivity contribution in [2.24, 2.45) is 5.92 Å². The van der Waals surface area contributed by atoms with Gasteiger partial charge in [0, 0.05) is 34.9 Å². The molecule has 3 N–H and O–H groups in total. The van der Waals surface area contributed by atoms with E-state index in [0.29, 0.717) is 23.2 Å². The molecule has 1 aliphatic rings. The maximum atomic E-state index is 12.1. The van der Waals surface area contributed by atoms with E-state index in [0.717, 1.165) is 30.5 Å². The van der Waals surface area contributed by atoms with Crippen molar-refractivity contribution in [2.75, 3.05) is 25.4 Å². The first-order valence-electron chi connectivity index (χ1n) is 7.04. The number of hydrogen-bond acceptors (Lipinski definition) is 3. The van der Waals surface area contributed by atoms with Gasteiger partial charge in [-0.15, -0.1) is 0 Å². The zero-order valence-corrected chi connectivity index (χ0v) is 13.6. The van der Waals surface area contributed by atoms with Crippen molar-refractivity contribution < 1.29 is 4.79 Å². The predicted octanol–water partition coefficient (Wildman–Crippen LogP) is 2.49. The largest absolute Gasteiger partial charge is 0.398 e. The molecule has 1 heterocycles. The number of amides is 1. The Morgan fingerprint density at radius 3 is 2.90 bits per heavy atom. The average Bonchev–Trinajstić information content (AvgIpc) is 2.88. The van der Waals surface area contributed by atoms with Crippen molar-refractivity contribution in [3.63, 3.8) is 0 Å². The minimum absolute atomic E-state index is 0.0336. The smallest absolute Gasteiger partial charge is 0.251 e. The number of anilines is 1. The molecule has 2 rings (SSSR count). The summed E-state index contributed by atoms with van der Waals surface area (Å²) < 4.78 is 0.761. The van der Waals surface area contributed by atoms with Crippen LogP contribution >= 0.6 is 15.9 Å². The highest BCUT2D eigenvalue weighted by molar-refractivity contribution is 9.10. The van der Waals surface area contributed by atoms with Crippen LogP contribution in [0.3, 0.4) is 0 Å².